The van der Waals surface area contributed by atoms with Gasteiger partial charge in [-0.25, -0.2) is 9.59 Å². The Balaban J connectivity index is 2.38. The zero-order valence-corrected chi connectivity index (χ0v) is 17.0. The molecule has 0 aliphatic carbocycles. The van der Waals surface area contributed by atoms with Crippen LogP contribution in [0.25, 0.3) is 11.0 Å². The highest BCUT2D eigenvalue weighted by atomic mass is 32.2. The Kier molecular flexibility index (Phi) is 7.33. The smallest absolute Gasteiger partial charge is 0.340 e. The van der Waals surface area contributed by atoms with Gasteiger partial charge in [-0.2, -0.15) is 11.8 Å². The Bertz CT molecular complexity index is 938. The molecule has 1 aromatic carbocycles. The molecule has 0 saturated heterocycles. The third-order valence-electron chi connectivity index (χ3n) is 4.35. The molecule has 152 valence electrons. The van der Waals surface area contributed by atoms with Gasteiger partial charge in [-0.15, -0.1) is 0 Å². The lowest BCUT2D eigenvalue weighted by atomic mass is 10.0. The van der Waals surface area contributed by atoms with Crippen LogP contribution in [0.5, 0.6) is 11.5 Å². The summed E-state index contributed by atoms with van der Waals surface area (Å²) in [4.78, 5) is 36.1. The second-order valence-electron chi connectivity index (χ2n) is 6.11. The minimum Gasteiger partial charge on any atom is -0.496 e. The average molecular weight is 409 g/mol. The molecular formula is C19H23NO7S. The van der Waals surface area contributed by atoms with Gasteiger partial charge in [0, 0.05) is 12.1 Å². The van der Waals surface area contributed by atoms with Crippen LogP contribution in [0, 0.1) is 6.92 Å². The van der Waals surface area contributed by atoms with Crippen molar-refractivity contribution < 1.29 is 28.6 Å². The highest BCUT2D eigenvalue weighted by Gasteiger charge is 2.22. The highest BCUT2D eigenvalue weighted by Crippen LogP contribution is 2.33. The predicted octanol–water partition coefficient (Wildman–Crippen LogP) is 1.98. The van der Waals surface area contributed by atoms with Crippen molar-refractivity contribution in [3.63, 3.8) is 0 Å². The number of benzene rings is 1. The number of aryl methyl sites for hydroxylation is 1. The zero-order valence-electron chi connectivity index (χ0n) is 16.2. The number of carbonyl (C=O) groups is 2. The Labute approximate surface area is 166 Å². The molecule has 0 fully saturated rings. The minimum atomic E-state index is -1.11. The van der Waals surface area contributed by atoms with Crippen LogP contribution in [0.2, 0.25) is 0 Å². The highest BCUT2D eigenvalue weighted by molar-refractivity contribution is 7.98. The number of carboxylic acid groups (broad SMARTS) is 1. The second-order valence-corrected chi connectivity index (χ2v) is 7.10. The fourth-order valence-electron chi connectivity index (χ4n) is 2.86. The van der Waals surface area contributed by atoms with Gasteiger partial charge in [0.15, 0.2) is 0 Å². The lowest BCUT2D eigenvalue weighted by molar-refractivity contribution is -0.141. The molecule has 1 amide bonds. The first-order valence-corrected chi connectivity index (χ1v) is 9.91. The summed E-state index contributed by atoms with van der Waals surface area (Å²) in [6.07, 6.45) is 1.86. The SMILES string of the molecule is COc1cc(OC)c2c(C)c(CC(=O)NC(CCSC)C(=O)O)c(=O)oc2c1. The van der Waals surface area contributed by atoms with E-state index >= 15 is 0 Å². The lowest BCUT2D eigenvalue weighted by Gasteiger charge is -2.15. The van der Waals surface area contributed by atoms with Crippen molar-refractivity contribution in [2.75, 3.05) is 26.2 Å². The number of amides is 1. The molecule has 28 heavy (non-hydrogen) atoms. The van der Waals surface area contributed by atoms with E-state index in [2.05, 4.69) is 5.32 Å². The van der Waals surface area contributed by atoms with Gasteiger partial charge >= 0.3 is 11.6 Å². The van der Waals surface area contributed by atoms with Crippen LogP contribution in [0.4, 0.5) is 0 Å². The largest absolute Gasteiger partial charge is 0.496 e. The molecule has 2 rings (SSSR count). The molecule has 0 aliphatic heterocycles. The van der Waals surface area contributed by atoms with Crippen LogP contribution < -0.4 is 20.4 Å². The Hall–Kier alpha value is -2.68. The number of rotatable bonds is 9. The van der Waals surface area contributed by atoms with Crippen LogP contribution in [-0.2, 0) is 16.0 Å². The number of carbonyl (C=O) groups excluding carboxylic acids is 1. The van der Waals surface area contributed by atoms with Crippen molar-refractivity contribution in [3.8, 4) is 11.5 Å². The molecule has 9 heteroatoms. The van der Waals surface area contributed by atoms with E-state index in [0.717, 1.165) is 0 Å². The Morgan fingerprint density at radius 3 is 2.57 bits per heavy atom. The molecule has 8 nitrogen and oxygen atoms in total. The Morgan fingerprint density at radius 2 is 2.00 bits per heavy atom. The molecule has 1 atom stereocenters. The van der Waals surface area contributed by atoms with E-state index < -0.39 is 23.5 Å². The van der Waals surface area contributed by atoms with Gasteiger partial charge in [-0.3, -0.25) is 4.79 Å². The zero-order chi connectivity index (χ0) is 20.8. The maximum absolute atomic E-state index is 12.4. The number of hydrogen-bond acceptors (Lipinski definition) is 7. The van der Waals surface area contributed by atoms with Crippen LogP contribution in [0.3, 0.4) is 0 Å². The van der Waals surface area contributed by atoms with Crippen LogP contribution in [-0.4, -0.2) is 49.3 Å². The molecular weight excluding hydrogens is 386 g/mol. The number of ether oxygens (including phenoxy) is 2. The normalized spacial score (nSPS) is 11.9. The number of nitrogens with one attached hydrogen (secondary N) is 1. The topological polar surface area (TPSA) is 115 Å². The van der Waals surface area contributed by atoms with Crippen molar-refractivity contribution in [1.29, 1.82) is 0 Å². The van der Waals surface area contributed by atoms with Crippen molar-refractivity contribution in [1.82, 2.24) is 5.32 Å². The van der Waals surface area contributed by atoms with Gasteiger partial charge in [-0.1, -0.05) is 0 Å². The van der Waals surface area contributed by atoms with Gasteiger partial charge in [0.25, 0.3) is 0 Å². The van der Waals surface area contributed by atoms with Gasteiger partial charge < -0.3 is 24.3 Å². The quantitative estimate of drug-likeness (QED) is 0.604. The minimum absolute atomic E-state index is 0.155. The van der Waals surface area contributed by atoms with E-state index in [4.69, 9.17) is 13.9 Å². The predicted molar refractivity (Wildman–Crippen MR) is 107 cm³/mol. The van der Waals surface area contributed by atoms with Crippen molar-refractivity contribution in [3.05, 3.63) is 33.7 Å². The number of fused-ring (bicyclic) bond motifs is 1. The second kappa shape index (κ2) is 9.50. The summed E-state index contributed by atoms with van der Waals surface area (Å²) in [7, 11) is 2.97. The molecule has 1 unspecified atom stereocenters. The van der Waals surface area contributed by atoms with E-state index in [-0.39, 0.29) is 17.6 Å². The first kappa shape index (κ1) is 21.6. The summed E-state index contributed by atoms with van der Waals surface area (Å²) in [6.45, 7) is 1.69. The molecule has 2 N–H and O–H groups in total. The molecule has 0 saturated carbocycles. The van der Waals surface area contributed by atoms with E-state index in [1.54, 1.807) is 19.1 Å². The third kappa shape index (κ3) is 4.78. The van der Waals surface area contributed by atoms with Gasteiger partial charge in [0.05, 0.1) is 31.6 Å². The Morgan fingerprint density at radius 1 is 1.29 bits per heavy atom. The van der Waals surface area contributed by atoms with E-state index in [0.29, 0.717) is 34.6 Å². The summed E-state index contributed by atoms with van der Waals surface area (Å²) < 4.78 is 15.9. The maximum atomic E-state index is 12.4. The molecule has 0 bridgehead atoms. The molecule has 0 radical (unpaired) electrons. The fourth-order valence-corrected chi connectivity index (χ4v) is 3.34. The van der Waals surface area contributed by atoms with Crippen molar-refractivity contribution in [2.45, 2.75) is 25.8 Å². The van der Waals surface area contributed by atoms with Crippen LogP contribution in [0.1, 0.15) is 17.5 Å². The molecule has 1 heterocycles. The monoisotopic (exact) mass is 409 g/mol. The average Bonchev–Trinajstić information content (AvgIpc) is 2.66. The van der Waals surface area contributed by atoms with E-state index in [1.807, 2.05) is 6.26 Å². The summed E-state index contributed by atoms with van der Waals surface area (Å²) >= 11 is 1.49. The third-order valence-corrected chi connectivity index (χ3v) is 5.00. The fraction of sp³-hybridized carbons (Fsp3) is 0.421. The first-order valence-electron chi connectivity index (χ1n) is 8.51. The van der Waals surface area contributed by atoms with E-state index in [1.165, 1.54) is 26.0 Å². The summed E-state index contributed by atoms with van der Waals surface area (Å²) in [5, 5.41) is 12.3. The number of aliphatic carboxylic acids is 1. The van der Waals surface area contributed by atoms with E-state index in [9.17, 15) is 19.5 Å². The van der Waals surface area contributed by atoms with Gasteiger partial charge in [0.2, 0.25) is 5.91 Å². The number of hydrogen-bond donors (Lipinski definition) is 2. The molecule has 0 spiro atoms. The maximum Gasteiger partial charge on any atom is 0.340 e. The summed E-state index contributed by atoms with van der Waals surface area (Å²) in [6, 6.07) is 2.22. The van der Waals surface area contributed by atoms with Crippen molar-refractivity contribution >= 4 is 34.6 Å². The standard InChI is InChI=1S/C19H23NO7S/c1-10-12(9-16(21)20-13(18(22)23)5-6-28-4)19(24)27-15-8-11(25-2)7-14(26-3)17(10)15/h7-8,13H,5-6,9H2,1-4H3,(H,20,21)(H,22,23). The number of thioether (sulfide) groups is 1. The number of carboxylic acids is 1. The summed E-state index contributed by atoms with van der Waals surface area (Å²) in [5.74, 6) is -0.168. The van der Waals surface area contributed by atoms with Crippen LogP contribution >= 0.6 is 11.8 Å². The van der Waals surface area contributed by atoms with Crippen molar-refractivity contribution in [2.24, 2.45) is 0 Å². The molecule has 1 aromatic heterocycles. The van der Waals surface area contributed by atoms with Crippen LogP contribution in [0.15, 0.2) is 21.3 Å². The van der Waals surface area contributed by atoms with Gasteiger partial charge in [0.1, 0.15) is 23.1 Å². The molecule has 0 aliphatic rings. The molecule has 2 aromatic rings. The lowest BCUT2D eigenvalue weighted by Crippen LogP contribution is -2.42. The number of methoxy groups -OCH3 is 2. The van der Waals surface area contributed by atoms with Gasteiger partial charge in [-0.05, 0) is 30.9 Å². The first-order chi connectivity index (χ1) is 13.3. The summed E-state index contributed by atoms with van der Waals surface area (Å²) in [5.41, 5.74) is 0.317.